The summed E-state index contributed by atoms with van der Waals surface area (Å²) in [5.41, 5.74) is -1.26. The molecule has 96 valence electrons. The number of allylic oxidation sites excluding steroid dienone is 1. The number of carbonyl (C=O) groups excluding carboxylic acids is 2. The lowest BCUT2D eigenvalue weighted by atomic mass is 9.56. The zero-order valence-corrected chi connectivity index (χ0v) is 10.2. The molecule has 1 aliphatic carbocycles. The van der Waals surface area contributed by atoms with Crippen LogP contribution in [0.4, 0.5) is 0 Å². The van der Waals surface area contributed by atoms with Gasteiger partial charge in [-0.25, -0.2) is 0 Å². The fourth-order valence-electron chi connectivity index (χ4n) is 2.19. The minimum atomic E-state index is -1.30. The minimum Gasteiger partial charge on any atom is -0.469 e. The van der Waals surface area contributed by atoms with Crippen LogP contribution in [0.3, 0.4) is 0 Å². The first-order chi connectivity index (χ1) is 7.89. The number of hydrogen-bond donors (Lipinski definition) is 2. The standard InChI is InChI=1S/C12H18O5/c1-4-5-8(13)10(15)12(2)7(6-9(12)14)11(16)17-3/h4-5,7-9,13-14H,6H2,1-3H3/b5-4-/t7?,8-,9+,12?/m1/s1. The topological polar surface area (TPSA) is 83.8 Å². The lowest BCUT2D eigenvalue weighted by Gasteiger charge is -2.48. The Morgan fingerprint density at radius 3 is 2.53 bits per heavy atom. The summed E-state index contributed by atoms with van der Waals surface area (Å²) in [6, 6.07) is 0. The van der Waals surface area contributed by atoms with Gasteiger partial charge in [0.25, 0.3) is 0 Å². The highest BCUT2D eigenvalue weighted by atomic mass is 16.5. The fourth-order valence-corrected chi connectivity index (χ4v) is 2.19. The third-order valence-electron chi connectivity index (χ3n) is 3.54. The summed E-state index contributed by atoms with van der Waals surface area (Å²) in [6.45, 7) is 3.16. The molecule has 17 heavy (non-hydrogen) atoms. The molecule has 2 unspecified atom stereocenters. The van der Waals surface area contributed by atoms with Crippen molar-refractivity contribution in [3.05, 3.63) is 12.2 Å². The van der Waals surface area contributed by atoms with E-state index in [1.165, 1.54) is 20.1 Å². The van der Waals surface area contributed by atoms with Crippen molar-refractivity contribution in [1.82, 2.24) is 0 Å². The van der Waals surface area contributed by atoms with Gasteiger partial charge in [-0.05, 0) is 20.3 Å². The maximum absolute atomic E-state index is 12.0. The highest BCUT2D eigenvalue weighted by Gasteiger charge is 2.60. The molecule has 0 saturated heterocycles. The lowest BCUT2D eigenvalue weighted by molar-refractivity contribution is -0.184. The number of rotatable bonds is 4. The van der Waals surface area contributed by atoms with Crippen LogP contribution in [0.2, 0.25) is 0 Å². The van der Waals surface area contributed by atoms with Gasteiger partial charge < -0.3 is 14.9 Å². The maximum atomic E-state index is 12.0. The molecule has 4 atom stereocenters. The molecule has 0 bridgehead atoms. The van der Waals surface area contributed by atoms with Crippen LogP contribution in [-0.4, -0.2) is 41.3 Å². The van der Waals surface area contributed by atoms with Gasteiger partial charge in [0.2, 0.25) is 0 Å². The van der Waals surface area contributed by atoms with E-state index in [0.717, 1.165) is 0 Å². The Morgan fingerprint density at radius 2 is 2.12 bits per heavy atom. The van der Waals surface area contributed by atoms with Crippen molar-refractivity contribution in [3.63, 3.8) is 0 Å². The molecular weight excluding hydrogens is 224 g/mol. The summed E-state index contributed by atoms with van der Waals surface area (Å²) < 4.78 is 4.59. The number of aliphatic hydroxyl groups excluding tert-OH is 2. The van der Waals surface area contributed by atoms with Crippen molar-refractivity contribution in [1.29, 1.82) is 0 Å². The minimum absolute atomic E-state index is 0.192. The van der Waals surface area contributed by atoms with E-state index in [1.807, 2.05) is 0 Å². The summed E-state index contributed by atoms with van der Waals surface area (Å²) in [5.74, 6) is -1.77. The Morgan fingerprint density at radius 1 is 1.53 bits per heavy atom. The molecule has 0 aromatic rings. The van der Waals surface area contributed by atoms with E-state index in [9.17, 15) is 19.8 Å². The van der Waals surface area contributed by atoms with Crippen molar-refractivity contribution in [2.45, 2.75) is 32.5 Å². The van der Waals surface area contributed by atoms with Crippen molar-refractivity contribution in [2.24, 2.45) is 11.3 Å². The summed E-state index contributed by atoms with van der Waals surface area (Å²) in [7, 11) is 1.24. The molecule has 1 saturated carbocycles. The predicted molar refractivity (Wildman–Crippen MR) is 60.1 cm³/mol. The fraction of sp³-hybridized carbons (Fsp3) is 0.667. The van der Waals surface area contributed by atoms with Gasteiger partial charge in [0, 0.05) is 0 Å². The van der Waals surface area contributed by atoms with Crippen LogP contribution >= 0.6 is 0 Å². The summed E-state index contributed by atoms with van der Waals surface area (Å²) in [4.78, 5) is 23.5. The molecule has 5 heteroatoms. The molecule has 0 aromatic carbocycles. The van der Waals surface area contributed by atoms with Crippen molar-refractivity contribution in [2.75, 3.05) is 7.11 Å². The van der Waals surface area contributed by atoms with E-state index in [4.69, 9.17) is 0 Å². The summed E-state index contributed by atoms with van der Waals surface area (Å²) in [6.07, 6.45) is 0.847. The smallest absolute Gasteiger partial charge is 0.309 e. The van der Waals surface area contributed by atoms with Crippen LogP contribution < -0.4 is 0 Å². The van der Waals surface area contributed by atoms with Gasteiger partial charge >= 0.3 is 5.97 Å². The summed E-state index contributed by atoms with van der Waals surface area (Å²) in [5, 5.41) is 19.3. The maximum Gasteiger partial charge on any atom is 0.309 e. The Kier molecular flexibility index (Phi) is 4.06. The predicted octanol–water partition coefficient (Wildman–Crippen LogP) is 0.0526. The second kappa shape index (κ2) is 4.98. The van der Waals surface area contributed by atoms with Crippen molar-refractivity contribution in [3.8, 4) is 0 Å². The Hall–Kier alpha value is -1.20. The van der Waals surface area contributed by atoms with E-state index in [1.54, 1.807) is 13.0 Å². The molecule has 0 aromatic heterocycles. The zero-order valence-electron chi connectivity index (χ0n) is 10.2. The van der Waals surface area contributed by atoms with E-state index < -0.39 is 35.3 Å². The molecule has 0 radical (unpaired) electrons. The van der Waals surface area contributed by atoms with E-state index in [-0.39, 0.29) is 6.42 Å². The molecule has 0 amide bonds. The summed E-state index contributed by atoms with van der Waals surface area (Å²) >= 11 is 0. The number of ether oxygens (including phenoxy) is 1. The van der Waals surface area contributed by atoms with Crippen LogP contribution in [-0.2, 0) is 14.3 Å². The average Bonchev–Trinajstić information content (AvgIpc) is 2.33. The normalized spacial score (nSPS) is 34.2. The molecular formula is C12H18O5. The highest BCUT2D eigenvalue weighted by molar-refractivity contribution is 5.96. The van der Waals surface area contributed by atoms with Gasteiger partial charge in [0.15, 0.2) is 5.78 Å². The molecule has 1 rings (SSSR count). The van der Waals surface area contributed by atoms with Gasteiger partial charge in [-0.2, -0.15) is 0 Å². The average molecular weight is 242 g/mol. The van der Waals surface area contributed by atoms with Gasteiger partial charge in [-0.3, -0.25) is 9.59 Å². The molecule has 5 nitrogen and oxygen atoms in total. The van der Waals surface area contributed by atoms with Gasteiger partial charge in [-0.1, -0.05) is 12.2 Å². The number of esters is 1. The van der Waals surface area contributed by atoms with Gasteiger partial charge in [0.1, 0.15) is 6.10 Å². The zero-order chi connectivity index (χ0) is 13.2. The van der Waals surface area contributed by atoms with Gasteiger partial charge in [-0.15, -0.1) is 0 Å². The van der Waals surface area contributed by atoms with Crippen molar-refractivity contribution >= 4 is 11.8 Å². The monoisotopic (exact) mass is 242 g/mol. The first-order valence-electron chi connectivity index (χ1n) is 5.50. The van der Waals surface area contributed by atoms with Crippen LogP contribution in [0.1, 0.15) is 20.3 Å². The SMILES string of the molecule is C/C=C\[C@@H](O)C(=O)C1(C)C(C(=O)OC)C[C@@H]1O. The molecule has 0 aliphatic heterocycles. The second-order valence-corrected chi connectivity index (χ2v) is 4.44. The Labute approximate surface area is 100 Å². The Bertz CT molecular complexity index is 349. The van der Waals surface area contributed by atoms with Crippen molar-refractivity contribution < 1.29 is 24.5 Å². The van der Waals surface area contributed by atoms with Crippen LogP contribution in [0.15, 0.2) is 12.2 Å². The molecule has 1 fully saturated rings. The molecule has 0 spiro atoms. The Balaban J connectivity index is 2.91. The molecule has 0 heterocycles. The number of ketones is 1. The number of methoxy groups -OCH3 is 1. The third-order valence-corrected chi connectivity index (χ3v) is 3.54. The number of aliphatic hydroxyl groups is 2. The first kappa shape index (κ1) is 13.9. The van der Waals surface area contributed by atoms with Crippen LogP contribution in [0.5, 0.6) is 0 Å². The lowest BCUT2D eigenvalue weighted by Crippen LogP contribution is -2.61. The van der Waals surface area contributed by atoms with E-state index in [0.29, 0.717) is 0 Å². The number of Topliss-reactive ketones (excluding diaryl/α,β-unsaturated/α-hetero) is 1. The quantitative estimate of drug-likeness (QED) is 0.537. The second-order valence-electron chi connectivity index (χ2n) is 4.44. The third kappa shape index (κ3) is 2.12. The molecule has 1 aliphatic rings. The van der Waals surface area contributed by atoms with E-state index in [2.05, 4.69) is 4.74 Å². The highest BCUT2D eigenvalue weighted by Crippen LogP contribution is 2.48. The largest absolute Gasteiger partial charge is 0.469 e. The number of carbonyl (C=O) groups is 2. The number of hydrogen-bond acceptors (Lipinski definition) is 5. The molecule has 2 N–H and O–H groups in total. The van der Waals surface area contributed by atoms with E-state index >= 15 is 0 Å². The first-order valence-corrected chi connectivity index (χ1v) is 5.50. The van der Waals surface area contributed by atoms with Crippen LogP contribution in [0, 0.1) is 11.3 Å². The van der Waals surface area contributed by atoms with Crippen LogP contribution in [0.25, 0.3) is 0 Å². The van der Waals surface area contributed by atoms with Gasteiger partial charge in [0.05, 0.1) is 24.5 Å².